The lowest BCUT2D eigenvalue weighted by Crippen LogP contribution is -2.35. The first-order valence-corrected chi connectivity index (χ1v) is 6.07. The SMILES string of the molecule is CC(C)CCC(CCc1cccnc1)NN. The molecule has 3 N–H and O–H groups in total. The molecule has 1 rings (SSSR count). The molecule has 3 nitrogen and oxygen atoms in total. The largest absolute Gasteiger partial charge is 0.271 e. The minimum absolute atomic E-state index is 0.419. The highest BCUT2D eigenvalue weighted by Gasteiger charge is 2.07. The average Bonchev–Trinajstić information content (AvgIpc) is 2.30. The lowest BCUT2D eigenvalue weighted by Gasteiger charge is -2.16. The minimum Gasteiger partial charge on any atom is -0.271 e. The second kappa shape index (κ2) is 7.36. The number of nitrogens with zero attached hydrogens (tertiary/aromatic N) is 1. The summed E-state index contributed by atoms with van der Waals surface area (Å²) in [5, 5.41) is 0. The summed E-state index contributed by atoms with van der Waals surface area (Å²) in [6.07, 6.45) is 8.23. The Morgan fingerprint density at radius 2 is 2.12 bits per heavy atom. The van der Waals surface area contributed by atoms with Crippen LogP contribution in [0, 0.1) is 5.92 Å². The summed E-state index contributed by atoms with van der Waals surface area (Å²) in [4.78, 5) is 4.11. The van der Waals surface area contributed by atoms with E-state index in [-0.39, 0.29) is 0 Å². The minimum atomic E-state index is 0.419. The molecule has 0 aliphatic rings. The Bertz CT molecular complexity index is 272. The molecule has 0 aliphatic carbocycles. The molecule has 90 valence electrons. The predicted molar refractivity (Wildman–Crippen MR) is 67.7 cm³/mol. The molecule has 1 heterocycles. The summed E-state index contributed by atoms with van der Waals surface area (Å²) in [5.41, 5.74) is 4.19. The standard InChI is InChI=1S/C13H23N3/c1-11(2)5-7-13(16-14)8-6-12-4-3-9-15-10-12/h3-4,9-11,13,16H,5-8,14H2,1-2H3. The van der Waals surface area contributed by atoms with Gasteiger partial charge in [-0.2, -0.15) is 0 Å². The molecule has 0 bridgehead atoms. The van der Waals surface area contributed by atoms with Crippen LogP contribution in [0.25, 0.3) is 0 Å². The Hall–Kier alpha value is -0.930. The Kier molecular flexibility index (Phi) is 6.04. The number of hydrazine groups is 1. The van der Waals surface area contributed by atoms with Gasteiger partial charge in [0.05, 0.1) is 0 Å². The van der Waals surface area contributed by atoms with Gasteiger partial charge in [-0.15, -0.1) is 0 Å². The van der Waals surface area contributed by atoms with E-state index >= 15 is 0 Å². The fraction of sp³-hybridized carbons (Fsp3) is 0.615. The number of hydrogen-bond acceptors (Lipinski definition) is 3. The molecule has 0 saturated carbocycles. The van der Waals surface area contributed by atoms with Crippen LogP contribution in [-0.2, 0) is 6.42 Å². The lowest BCUT2D eigenvalue weighted by atomic mass is 9.99. The van der Waals surface area contributed by atoms with E-state index in [2.05, 4.69) is 30.3 Å². The Balaban J connectivity index is 2.28. The van der Waals surface area contributed by atoms with Gasteiger partial charge >= 0.3 is 0 Å². The smallest absolute Gasteiger partial charge is 0.0299 e. The molecule has 0 radical (unpaired) electrons. The maximum atomic E-state index is 5.56. The van der Waals surface area contributed by atoms with Gasteiger partial charge in [0.1, 0.15) is 0 Å². The van der Waals surface area contributed by atoms with Crippen LogP contribution in [0.2, 0.25) is 0 Å². The van der Waals surface area contributed by atoms with Crippen LogP contribution in [0.4, 0.5) is 0 Å². The van der Waals surface area contributed by atoms with Crippen molar-refractivity contribution in [3.63, 3.8) is 0 Å². The van der Waals surface area contributed by atoms with Crippen LogP contribution in [0.3, 0.4) is 0 Å². The third-order valence-electron chi connectivity index (χ3n) is 2.83. The molecule has 0 aromatic carbocycles. The third-order valence-corrected chi connectivity index (χ3v) is 2.83. The van der Waals surface area contributed by atoms with Gasteiger partial charge in [-0.1, -0.05) is 19.9 Å². The van der Waals surface area contributed by atoms with Gasteiger partial charge in [-0.3, -0.25) is 16.3 Å². The molecule has 0 saturated heterocycles. The number of nitrogens with one attached hydrogen (secondary N) is 1. The van der Waals surface area contributed by atoms with Crippen molar-refractivity contribution >= 4 is 0 Å². The van der Waals surface area contributed by atoms with Gasteiger partial charge in [0.15, 0.2) is 0 Å². The molecule has 0 fully saturated rings. The Labute approximate surface area is 98.4 Å². The summed E-state index contributed by atoms with van der Waals surface area (Å²) in [6, 6.07) is 4.51. The zero-order valence-electron chi connectivity index (χ0n) is 10.3. The van der Waals surface area contributed by atoms with E-state index < -0.39 is 0 Å². The van der Waals surface area contributed by atoms with Gasteiger partial charge in [0, 0.05) is 18.4 Å². The normalized spacial score (nSPS) is 13.0. The molecular weight excluding hydrogens is 198 g/mol. The van der Waals surface area contributed by atoms with E-state index in [4.69, 9.17) is 5.84 Å². The lowest BCUT2D eigenvalue weighted by molar-refractivity contribution is 0.416. The molecular formula is C13H23N3. The van der Waals surface area contributed by atoms with Crippen LogP contribution < -0.4 is 11.3 Å². The summed E-state index contributed by atoms with van der Waals surface area (Å²) < 4.78 is 0. The maximum Gasteiger partial charge on any atom is 0.0299 e. The highest BCUT2D eigenvalue weighted by Crippen LogP contribution is 2.11. The molecule has 3 heteroatoms. The van der Waals surface area contributed by atoms with Gasteiger partial charge in [-0.25, -0.2) is 0 Å². The number of hydrogen-bond donors (Lipinski definition) is 2. The Morgan fingerprint density at radius 3 is 2.69 bits per heavy atom. The van der Waals surface area contributed by atoms with E-state index in [1.54, 1.807) is 6.20 Å². The van der Waals surface area contributed by atoms with Crippen molar-refractivity contribution in [1.29, 1.82) is 0 Å². The van der Waals surface area contributed by atoms with Gasteiger partial charge in [0.2, 0.25) is 0 Å². The third kappa shape index (κ3) is 5.24. The van der Waals surface area contributed by atoms with Crippen LogP contribution in [0.15, 0.2) is 24.5 Å². The van der Waals surface area contributed by atoms with Crippen LogP contribution in [-0.4, -0.2) is 11.0 Å². The fourth-order valence-electron chi connectivity index (χ4n) is 1.73. The molecule has 1 aromatic rings. The maximum absolute atomic E-state index is 5.56. The average molecular weight is 221 g/mol. The predicted octanol–water partition coefficient (Wildman–Crippen LogP) is 2.28. The quantitative estimate of drug-likeness (QED) is 0.548. The molecule has 1 atom stereocenters. The first kappa shape index (κ1) is 13.1. The van der Waals surface area contributed by atoms with Crippen molar-refractivity contribution in [3.05, 3.63) is 30.1 Å². The van der Waals surface area contributed by atoms with Crippen molar-refractivity contribution in [1.82, 2.24) is 10.4 Å². The highest BCUT2D eigenvalue weighted by molar-refractivity contribution is 5.08. The monoisotopic (exact) mass is 221 g/mol. The van der Waals surface area contributed by atoms with Crippen LogP contribution >= 0.6 is 0 Å². The summed E-state index contributed by atoms with van der Waals surface area (Å²) in [7, 11) is 0. The van der Waals surface area contributed by atoms with E-state index in [9.17, 15) is 0 Å². The number of aryl methyl sites for hydroxylation is 1. The molecule has 0 amide bonds. The van der Waals surface area contributed by atoms with Crippen molar-refractivity contribution in [2.24, 2.45) is 11.8 Å². The summed E-state index contributed by atoms with van der Waals surface area (Å²) in [6.45, 7) is 4.49. The van der Waals surface area contributed by atoms with E-state index in [1.807, 2.05) is 12.3 Å². The zero-order chi connectivity index (χ0) is 11.8. The van der Waals surface area contributed by atoms with E-state index in [1.165, 1.54) is 12.0 Å². The summed E-state index contributed by atoms with van der Waals surface area (Å²) >= 11 is 0. The van der Waals surface area contributed by atoms with Crippen LogP contribution in [0.1, 0.15) is 38.7 Å². The molecule has 0 spiro atoms. The van der Waals surface area contributed by atoms with Crippen LogP contribution in [0.5, 0.6) is 0 Å². The zero-order valence-corrected chi connectivity index (χ0v) is 10.3. The Morgan fingerprint density at radius 1 is 1.31 bits per heavy atom. The van der Waals surface area contributed by atoms with E-state index in [0.717, 1.165) is 25.2 Å². The second-order valence-electron chi connectivity index (χ2n) is 4.73. The van der Waals surface area contributed by atoms with Crippen molar-refractivity contribution in [3.8, 4) is 0 Å². The van der Waals surface area contributed by atoms with Crippen molar-refractivity contribution in [2.45, 2.75) is 45.6 Å². The van der Waals surface area contributed by atoms with Crippen molar-refractivity contribution < 1.29 is 0 Å². The van der Waals surface area contributed by atoms with E-state index in [0.29, 0.717) is 6.04 Å². The topological polar surface area (TPSA) is 50.9 Å². The number of rotatable bonds is 7. The van der Waals surface area contributed by atoms with Gasteiger partial charge < -0.3 is 0 Å². The first-order valence-electron chi connectivity index (χ1n) is 6.07. The first-order chi connectivity index (χ1) is 7.72. The molecule has 1 aromatic heterocycles. The fourth-order valence-corrected chi connectivity index (χ4v) is 1.73. The van der Waals surface area contributed by atoms with Gasteiger partial charge in [-0.05, 0) is 43.2 Å². The summed E-state index contributed by atoms with van der Waals surface area (Å²) in [5.74, 6) is 6.30. The number of aromatic nitrogens is 1. The molecule has 1 unspecified atom stereocenters. The van der Waals surface area contributed by atoms with Crippen molar-refractivity contribution in [2.75, 3.05) is 0 Å². The number of pyridine rings is 1. The molecule has 0 aliphatic heterocycles. The van der Waals surface area contributed by atoms with Gasteiger partial charge in [0.25, 0.3) is 0 Å². The highest BCUT2D eigenvalue weighted by atomic mass is 15.2. The molecule has 16 heavy (non-hydrogen) atoms. The second-order valence-corrected chi connectivity index (χ2v) is 4.73. The number of nitrogens with two attached hydrogens (primary N) is 1.